The second-order valence-electron chi connectivity index (χ2n) is 9.15. The van der Waals surface area contributed by atoms with E-state index in [1.54, 1.807) is 11.0 Å². The molecule has 0 aromatic carbocycles. The third-order valence-corrected chi connectivity index (χ3v) is 7.13. The number of rotatable bonds is 6. The van der Waals surface area contributed by atoms with E-state index in [1.165, 1.54) is 83.7 Å². The highest BCUT2D eigenvalue weighted by Crippen LogP contribution is 2.39. The van der Waals surface area contributed by atoms with Crippen LogP contribution in [0.15, 0.2) is 12.7 Å². The first kappa shape index (κ1) is 18.9. The molecule has 27 heavy (non-hydrogen) atoms. The fourth-order valence-corrected chi connectivity index (χ4v) is 5.54. The van der Waals surface area contributed by atoms with Gasteiger partial charge in [-0.05, 0) is 44.7 Å². The molecule has 150 valence electrons. The summed E-state index contributed by atoms with van der Waals surface area (Å²) in [6, 6.07) is 0. The van der Waals surface area contributed by atoms with Gasteiger partial charge in [-0.1, -0.05) is 32.1 Å². The van der Waals surface area contributed by atoms with E-state index in [2.05, 4.69) is 19.9 Å². The number of hydrogen-bond donors (Lipinski definition) is 0. The number of likely N-dealkylation sites (tertiary alicyclic amines) is 2. The average Bonchev–Trinajstić information content (AvgIpc) is 3.36. The predicted octanol–water partition coefficient (Wildman–Crippen LogP) is 2.95. The molecule has 1 spiro atoms. The second kappa shape index (κ2) is 8.72. The summed E-state index contributed by atoms with van der Waals surface area (Å²) in [5, 5.41) is 4.10. The Morgan fingerprint density at radius 3 is 2.74 bits per heavy atom. The number of aryl methyl sites for hydroxylation is 1. The summed E-state index contributed by atoms with van der Waals surface area (Å²) >= 11 is 0. The van der Waals surface area contributed by atoms with Crippen LogP contribution in [0, 0.1) is 11.3 Å². The minimum absolute atomic E-state index is 0.279. The minimum Gasteiger partial charge on any atom is -0.342 e. The molecule has 4 rings (SSSR count). The van der Waals surface area contributed by atoms with E-state index in [4.69, 9.17) is 0 Å². The molecule has 1 amide bonds. The highest BCUT2D eigenvalue weighted by Gasteiger charge is 2.42. The van der Waals surface area contributed by atoms with Crippen LogP contribution in [0.4, 0.5) is 0 Å². The molecule has 1 atom stereocenters. The van der Waals surface area contributed by atoms with Crippen LogP contribution in [0.5, 0.6) is 0 Å². The number of nitrogens with zero attached hydrogens (tertiary/aromatic N) is 5. The quantitative estimate of drug-likeness (QED) is 0.769. The predicted molar refractivity (Wildman–Crippen MR) is 105 cm³/mol. The first-order chi connectivity index (χ1) is 13.2. The zero-order valence-electron chi connectivity index (χ0n) is 16.7. The lowest BCUT2D eigenvalue weighted by molar-refractivity contribution is -0.131. The van der Waals surface area contributed by atoms with E-state index in [1.807, 2.05) is 0 Å². The van der Waals surface area contributed by atoms with Crippen LogP contribution in [0.2, 0.25) is 0 Å². The summed E-state index contributed by atoms with van der Waals surface area (Å²) in [4.78, 5) is 21.4. The molecule has 3 aliphatic rings. The van der Waals surface area contributed by atoms with Gasteiger partial charge in [-0.2, -0.15) is 5.10 Å². The molecule has 0 radical (unpaired) electrons. The summed E-state index contributed by atoms with van der Waals surface area (Å²) in [6.45, 7) is 6.26. The van der Waals surface area contributed by atoms with Crippen molar-refractivity contribution in [1.29, 1.82) is 0 Å². The molecule has 0 bridgehead atoms. The molecule has 1 aromatic heterocycles. The molecule has 6 nitrogen and oxygen atoms in total. The van der Waals surface area contributed by atoms with Gasteiger partial charge in [-0.3, -0.25) is 9.48 Å². The summed E-state index contributed by atoms with van der Waals surface area (Å²) in [7, 11) is 0. The smallest absolute Gasteiger partial charge is 0.224 e. The fourth-order valence-electron chi connectivity index (χ4n) is 5.54. The zero-order chi connectivity index (χ0) is 18.5. The van der Waals surface area contributed by atoms with Crippen LogP contribution in [0.25, 0.3) is 0 Å². The van der Waals surface area contributed by atoms with Gasteiger partial charge in [0.2, 0.25) is 5.91 Å². The van der Waals surface area contributed by atoms with Gasteiger partial charge >= 0.3 is 0 Å². The topological polar surface area (TPSA) is 54.3 Å². The van der Waals surface area contributed by atoms with E-state index >= 15 is 0 Å². The Bertz CT molecular complexity index is 598. The van der Waals surface area contributed by atoms with Crippen molar-refractivity contribution in [3.8, 4) is 0 Å². The lowest BCUT2D eigenvalue weighted by Gasteiger charge is -2.41. The molecule has 1 aliphatic carbocycles. The Balaban J connectivity index is 1.24. The van der Waals surface area contributed by atoms with E-state index in [9.17, 15) is 4.79 Å². The zero-order valence-corrected chi connectivity index (χ0v) is 16.7. The molecule has 1 saturated carbocycles. The third kappa shape index (κ3) is 4.89. The Labute approximate surface area is 163 Å². The summed E-state index contributed by atoms with van der Waals surface area (Å²) in [6.07, 6.45) is 16.1. The minimum atomic E-state index is 0.279. The van der Waals surface area contributed by atoms with Gasteiger partial charge in [0.15, 0.2) is 0 Å². The van der Waals surface area contributed by atoms with Crippen LogP contribution < -0.4 is 0 Å². The summed E-state index contributed by atoms with van der Waals surface area (Å²) in [5.41, 5.74) is 0.355. The number of carbonyl (C=O) groups is 1. The largest absolute Gasteiger partial charge is 0.342 e. The second-order valence-corrected chi connectivity index (χ2v) is 9.15. The van der Waals surface area contributed by atoms with Crippen LogP contribution in [0.3, 0.4) is 0 Å². The van der Waals surface area contributed by atoms with Crippen LogP contribution in [-0.2, 0) is 11.3 Å². The van der Waals surface area contributed by atoms with Crippen molar-refractivity contribution in [3.63, 3.8) is 0 Å². The van der Waals surface area contributed by atoms with Crippen molar-refractivity contribution in [3.05, 3.63) is 12.7 Å². The van der Waals surface area contributed by atoms with E-state index in [0.717, 1.165) is 19.0 Å². The van der Waals surface area contributed by atoms with Gasteiger partial charge in [0.1, 0.15) is 12.7 Å². The number of carbonyl (C=O) groups excluding carboxylic acids is 1. The lowest BCUT2D eigenvalue weighted by Crippen LogP contribution is -2.46. The maximum atomic E-state index is 12.6. The number of hydrogen-bond acceptors (Lipinski definition) is 4. The first-order valence-electron chi connectivity index (χ1n) is 11.1. The average molecular weight is 374 g/mol. The van der Waals surface area contributed by atoms with Crippen LogP contribution in [0.1, 0.15) is 64.2 Å². The first-order valence-corrected chi connectivity index (χ1v) is 11.1. The standard InChI is InChI=1S/C21H35N5O/c27-20(8-13-26-18-22-17-23-26)25-14-10-21(16-25)9-4-11-24(15-21)12-7-19-5-2-1-3-6-19/h17-19H,1-16H2. The summed E-state index contributed by atoms with van der Waals surface area (Å²) < 4.78 is 1.75. The van der Waals surface area contributed by atoms with Gasteiger partial charge < -0.3 is 9.80 Å². The Hall–Kier alpha value is -1.43. The monoisotopic (exact) mass is 373 g/mol. The molecule has 3 heterocycles. The lowest BCUT2D eigenvalue weighted by atomic mass is 9.79. The summed E-state index contributed by atoms with van der Waals surface area (Å²) in [5.74, 6) is 1.25. The molecular weight excluding hydrogens is 338 g/mol. The Kier molecular flexibility index (Phi) is 6.11. The highest BCUT2D eigenvalue weighted by atomic mass is 16.2. The van der Waals surface area contributed by atoms with Crippen molar-refractivity contribution in [2.75, 3.05) is 32.7 Å². The van der Waals surface area contributed by atoms with E-state index in [-0.39, 0.29) is 5.91 Å². The SMILES string of the molecule is O=C(CCn1cncn1)N1CCC2(CCCN(CCC3CCCCC3)C2)C1. The van der Waals surface area contributed by atoms with Gasteiger partial charge in [-0.25, -0.2) is 4.98 Å². The third-order valence-electron chi connectivity index (χ3n) is 7.13. The van der Waals surface area contributed by atoms with Gasteiger partial charge in [-0.15, -0.1) is 0 Å². The molecule has 2 aliphatic heterocycles. The maximum Gasteiger partial charge on any atom is 0.224 e. The molecule has 3 fully saturated rings. The molecule has 1 unspecified atom stereocenters. The van der Waals surface area contributed by atoms with Crippen molar-refractivity contribution in [2.45, 2.75) is 70.8 Å². The number of piperidine rings is 1. The van der Waals surface area contributed by atoms with Crippen LogP contribution >= 0.6 is 0 Å². The van der Waals surface area contributed by atoms with Crippen molar-refractivity contribution in [1.82, 2.24) is 24.6 Å². The molecular formula is C21H35N5O. The number of amides is 1. The van der Waals surface area contributed by atoms with Gasteiger partial charge in [0, 0.05) is 31.5 Å². The van der Waals surface area contributed by atoms with Crippen molar-refractivity contribution >= 4 is 5.91 Å². The molecule has 6 heteroatoms. The molecule has 0 N–H and O–H groups in total. The van der Waals surface area contributed by atoms with Crippen LogP contribution in [-0.4, -0.2) is 63.2 Å². The van der Waals surface area contributed by atoms with E-state index < -0.39 is 0 Å². The van der Waals surface area contributed by atoms with Crippen molar-refractivity contribution in [2.24, 2.45) is 11.3 Å². The molecule has 1 aromatic rings. The Morgan fingerprint density at radius 1 is 1.04 bits per heavy atom. The Morgan fingerprint density at radius 2 is 1.93 bits per heavy atom. The van der Waals surface area contributed by atoms with Gasteiger partial charge in [0.05, 0.1) is 6.54 Å². The maximum absolute atomic E-state index is 12.6. The molecule has 2 saturated heterocycles. The number of aromatic nitrogens is 3. The highest BCUT2D eigenvalue weighted by molar-refractivity contribution is 5.76. The van der Waals surface area contributed by atoms with E-state index in [0.29, 0.717) is 18.4 Å². The van der Waals surface area contributed by atoms with Crippen molar-refractivity contribution < 1.29 is 4.79 Å². The van der Waals surface area contributed by atoms with Gasteiger partial charge in [0.25, 0.3) is 0 Å². The fraction of sp³-hybridized carbons (Fsp3) is 0.857. The normalized spacial score (nSPS) is 27.5.